The van der Waals surface area contributed by atoms with Gasteiger partial charge in [-0.1, -0.05) is 6.08 Å². The van der Waals surface area contributed by atoms with Crippen molar-refractivity contribution < 1.29 is 5.11 Å². The Kier molecular flexibility index (Phi) is 2.25. The lowest BCUT2D eigenvalue weighted by Gasteiger charge is -2.12. The van der Waals surface area contributed by atoms with E-state index >= 15 is 0 Å². The van der Waals surface area contributed by atoms with Gasteiger partial charge in [-0.2, -0.15) is 0 Å². The maximum Gasteiger partial charge on any atom is 0.0871 e. The van der Waals surface area contributed by atoms with Crippen LogP contribution in [-0.4, -0.2) is 23.8 Å². The van der Waals surface area contributed by atoms with E-state index in [9.17, 15) is 5.11 Å². The minimum atomic E-state index is -0.354. The van der Waals surface area contributed by atoms with Crippen LogP contribution in [0, 0.1) is 0 Å². The van der Waals surface area contributed by atoms with Crippen molar-refractivity contribution in [2.24, 2.45) is 0 Å². The molecule has 1 saturated heterocycles. The summed E-state index contributed by atoms with van der Waals surface area (Å²) >= 11 is 0. The van der Waals surface area contributed by atoms with Crippen LogP contribution in [0.5, 0.6) is 0 Å². The summed E-state index contributed by atoms with van der Waals surface area (Å²) in [6.07, 6.45) is 3.48. The Morgan fingerprint density at radius 3 is 3.00 bits per heavy atom. The molecule has 0 aliphatic carbocycles. The number of hydrogen-bond acceptors (Lipinski definition) is 2. The van der Waals surface area contributed by atoms with Crippen molar-refractivity contribution in [1.29, 1.82) is 0 Å². The Balaban J connectivity index is 2.32. The smallest absolute Gasteiger partial charge is 0.0871 e. The molecule has 52 valence electrons. The fraction of sp³-hybridized carbons (Fsp3) is 0.714. The minimum absolute atomic E-state index is 0.266. The Labute approximate surface area is 55.6 Å². The van der Waals surface area contributed by atoms with Crippen molar-refractivity contribution in [3.05, 3.63) is 12.7 Å². The highest BCUT2D eigenvalue weighted by Gasteiger charge is 2.19. The van der Waals surface area contributed by atoms with Crippen LogP contribution in [0.4, 0.5) is 0 Å². The highest BCUT2D eigenvalue weighted by molar-refractivity contribution is 4.91. The Bertz CT molecular complexity index is 97.1. The van der Waals surface area contributed by atoms with Crippen LogP contribution in [0.1, 0.15) is 12.8 Å². The van der Waals surface area contributed by atoms with Crippen LogP contribution in [0.15, 0.2) is 12.7 Å². The molecular weight excluding hydrogens is 114 g/mol. The van der Waals surface area contributed by atoms with Gasteiger partial charge in [0.2, 0.25) is 0 Å². The summed E-state index contributed by atoms with van der Waals surface area (Å²) in [6.45, 7) is 4.55. The summed E-state index contributed by atoms with van der Waals surface area (Å²) in [6, 6.07) is 0.266. The van der Waals surface area contributed by atoms with Gasteiger partial charge in [-0.25, -0.2) is 0 Å². The lowest BCUT2D eigenvalue weighted by atomic mass is 10.1. The molecule has 2 nitrogen and oxygen atoms in total. The summed E-state index contributed by atoms with van der Waals surface area (Å²) < 4.78 is 0. The van der Waals surface area contributed by atoms with E-state index < -0.39 is 0 Å². The van der Waals surface area contributed by atoms with Gasteiger partial charge < -0.3 is 10.4 Å². The van der Waals surface area contributed by atoms with E-state index in [4.69, 9.17) is 0 Å². The molecule has 0 aromatic rings. The van der Waals surface area contributed by atoms with E-state index in [0.717, 1.165) is 13.0 Å². The van der Waals surface area contributed by atoms with Crippen LogP contribution in [-0.2, 0) is 0 Å². The molecular formula is C7H13NO. The molecule has 0 amide bonds. The van der Waals surface area contributed by atoms with Crippen LogP contribution in [0.3, 0.4) is 0 Å². The predicted octanol–water partition coefficient (Wildman–Crippen LogP) is 0.285. The topological polar surface area (TPSA) is 32.3 Å². The third kappa shape index (κ3) is 1.53. The third-order valence-electron chi connectivity index (χ3n) is 1.75. The van der Waals surface area contributed by atoms with E-state index in [0.29, 0.717) is 0 Å². The second kappa shape index (κ2) is 2.99. The van der Waals surface area contributed by atoms with Gasteiger partial charge in [-0.15, -0.1) is 6.58 Å². The molecule has 0 radical (unpaired) electrons. The zero-order valence-corrected chi connectivity index (χ0v) is 5.51. The molecule has 0 aromatic carbocycles. The van der Waals surface area contributed by atoms with Crippen LogP contribution in [0.2, 0.25) is 0 Å². The van der Waals surface area contributed by atoms with Crippen LogP contribution >= 0.6 is 0 Å². The molecule has 1 unspecified atom stereocenters. The Morgan fingerprint density at radius 1 is 1.78 bits per heavy atom. The summed E-state index contributed by atoms with van der Waals surface area (Å²) in [5.74, 6) is 0. The fourth-order valence-corrected chi connectivity index (χ4v) is 1.17. The number of aliphatic hydroxyl groups is 1. The molecule has 0 bridgehead atoms. The lowest BCUT2D eigenvalue weighted by Crippen LogP contribution is -2.32. The maximum atomic E-state index is 9.18. The van der Waals surface area contributed by atoms with Crippen LogP contribution in [0.25, 0.3) is 0 Å². The van der Waals surface area contributed by atoms with Gasteiger partial charge in [0.15, 0.2) is 0 Å². The van der Waals surface area contributed by atoms with Crippen molar-refractivity contribution in [1.82, 2.24) is 5.32 Å². The Morgan fingerprint density at radius 2 is 2.56 bits per heavy atom. The number of nitrogens with one attached hydrogen (secondary N) is 1. The average Bonchev–Trinajstić information content (AvgIpc) is 2.37. The zero-order chi connectivity index (χ0) is 6.69. The third-order valence-corrected chi connectivity index (χ3v) is 1.75. The first-order valence-electron chi connectivity index (χ1n) is 3.38. The molecule has 2 heteroatoms. The van der Waals surface area contributed by atoms with Gasteiger partial charge in [-0.3, -0.25) is 0 Å². The average molecular weight is 127 g/mol. The number of aliphatic hydroxyl groups excluding tert-OH is 1. The maximum absolute atomic E-state index is 9.18. The SMILES string of the molecule is C=CC(O)[C@@H]1CCCN1. The molecule has 0 aromatic heterocycles. The number of hydrogen-bond donors (Lipinski definition) is 2. The first kappa shape index (κ1) is 6.78. The molecule has 1 fully saturated rings. The summed E-state index contributed by atoms with van der Waals surface area (Å²) in [7, 11) is 0. The van der Waals surface area contributed by atoms with Crippen molar-refractivity contribution in [3.63, 3.8) is 0 Å². The molecule has 9 heavy (non-hydrogen) atoms. The zero-order valence-electron chi connectivity index (χ0n) is 5.51. The quantitative estimate of drug-likeness (QED) is 0.522. The standard InChI is InChI=1S/C7H13NO/c1-2-7(9)6-4-3-5-8-6/h2,6-9H,1,3-5H2/t6-,7?/m0/s1. The molecule has 0 spiro atoms. The van der Waals surface area contributed by atoms with Crippen molar-refractivity contribution in [2.45, 2.75) is 25.0 Å². The summed E-state index contributed by atoms with van der Waals surface area (Å²) in [5, 5.41) is 12.4. The molecule has 0 saturated carbocycles. The van der Waals surface area contributed by atoms with Gasteiger partial charge in [-0.05, 0) is 19.4 Å². The first-order valence-corrected chi connectivity index (χ1v) is 3.38. The lowest BCUT2D eigenvalue weighted by molar-refractivity contribution is 0.182. The first-order chi connectivity index (χ1) is 4.34. The molecule has 1 aliphatic rings. The van der Waals surface area contributed by atoms with E-state index in [1.807, 2.05) is 0 Å². The number of rotatable bonds is 2. The van der Waals surface area contributed by atoms with Crippen LogP contribution < -0.4 is 5.32 Å². The van der Waals surface area contributed by atoms with Gasteiger partial charge in [0.1, 0.15) is 0 Å². The second-order valence-corrected chi connectivity index (χ2v) is 2.43. The van der Waals surface area contributed by atoms with Gasteiger partial charge in [0, 0.05) is 6.04 Å². The Hall–Kier alpha value is -0.340. The highest BCUT2D eigenvalue weighted by atomic mass is 16.3. The van der Waals surface area contributed by atoms with Gasteiger partial charge in [0.25, 0.3) is 0 Å². The normalized spacial score (nSPS) is 30.1. The summed E-state index contributed by atoms with van der Waals surface area (Å²) in [5.41, 5.74) is 0. The molecule has 1 rings (SSSR count). The molecule has 2 N–H and O–H groups in total. The minimum Gasteiger partial charge on any atom is -0.387 e. The molecule has 1 aliphatic heterocycles. The van der Waals surface area contributed by atoms with E-state index in [-0.39, 0.29) is 12.1 Å². The molecule has 1 heterocycles. The van der Waals surface area contributed by atoms with Crippen molar-refractivity contribution in [3.8, 4) is 0 Å². The largest absolute Gasteiger partial charge is 0.387 e. The van der Waals surface area contributed by atoms with Crippen molar-refractivity contribution in [2.75, 3.05) is 6.54 Å². The molecule has 2 atom stereocenters. The van der Waals surface area contributed by atoms with E-state index in [1.54, 1.807) is 6.08 Å². The highest BCUT2D eigenvalue weighted by Crippen LogP contribution is 2.08. The van der Waals surface area contributed by atoms with E-state index in [2.05, 4.69) is 11.9 Å². The van der Waals surface area contributed by atoms with Gasteiger partial charge in [0.05, 0.1) is 6.10 Å². The summed E-state index contributed by atoms with van der Waals surface area (Å²) in [4.78, 5) is 0. The fourth-order valence-electron chi connectivity index (χ4n) is 1.17. The van der Waals surface area contributed by atoms with Gasteiger partial charge >= 0.3 is 0 Å². The second-order valence-electron chi connectivity index (χ2n) is 2.43. The predicted molar refractivity (Wildman–Crippen MR) is 37.2 cm³/mol. The monoisotopic (exact) mass is 127 g/mol. The van der Waals surface area contributed by atoms with E-state index in [1.165, 1.54) is 6.42 Å². The van der Waals surface area contributed by atoms with Crippen molar-refractivity contribution >= 4 is 0 Å².